The van der Waals surface area contributed by atoms with Crippen LogP contribution in [0.1, 0.15) is 0 Å². The van der Waals surface area contributed by atoms with Crippen molar-refractivity contribution in [3.63, 3.8) is 0 Å². The van der Waals surface area contributed by atoms with Crippen LogP contribution in [0.3, 0.4) is 0 Å². The first-order valence-electron chi connectivity index (χ1n) is 2.83. The van der Waals surface area contributed by atoms with Gasteiger partial charge in [0.15, 0.2) is 0 Å². The quantitative estimate of drug-likeness (QED) is 0.499. The van der Waals surface area contributed by atoms with E-state index in [1.165, 1.54) is 17.8 Å². The van der Waals surface area contributed by atoms with E-state index < -0.39 is 0 Å². The van der Waals surface area contributed by atoms with E-state index in [4.69, 9.17) is 5.73 Å². The first-order valence-corrected chi connectivity index (χ1v) is 4.06. The van der Waals surface area contributed by atoms with Crippen molar-refractivity contribution in [3.8, 4) is 0 Å². The van der Waals surface area contributed by atoms with Crippen LogP contribution in [0.5, 0.6) is 0 Å². The molecule has 1 aromatic carbocycles. The van der Waals surface area contributed by atoms with Crippen molar-refractivity contribution in [2.75, 3.05) is 12.0 Å². The fourth-order valence-corrected chi connectivity index (χ4v) is 1.31. The molecule has 0 bridgehead atoms. The standard InChI is InChI=1S/C7H8FNS/c1-10-7-5(8)3-2-4-6(7)9/h2-4H,9H2,1H3. The van der Waals surface area contributed by atoms with Crippen LogP contribution < -0.4 is 5.73 Å². The topological polar surface area (TPSA) is 26.0 Å². The minimum Gasteiger partial charge on any atom is -0.398 e. The number of anilines is 1. The van der Waals surface area contributed by atoms with E-state index in [1.54, 1.807) is 18.4 Å². The van der Waals surface area contributed by atoms with Crippen LogP contribution in [-0.4, -0.2) is 6.26 Å². The number of benzene rings is 1. The van der Waals surface area contributed by atoms with Crippen molar-refractivity contribution in [1.82, 2.24) is 0 Å². The number of hydrogen-bond donors (Lipinski definition) is 1. The van der Waals surface area contributed by atoms with Crippen LogP contribution in [0.2, 0.25) is 0 Å². The second-order valence-corrected chi connectivity index (χ2v) is 2.68. The molecular weight excluding hydrogens is 149 g/mol. The Bertz CT molecular complexity index is 217. The van der Waals surface area contributed by atoms with Crippen LogP contribution in [0.15, 0.2) is 23.1 Å². The molecule has 0 saturated carbocycles. The molecular formula is C7H8FNS. The lowest BCUT2D eigenvalue weighted by atomic mass is 10.3. The van der Waals surface area contributed by atoms with Gasteiger partial charge in [0, 0.05) is 5.69 Å². The third-order valence-electron chi connectivity index (χ3n) is 1.20. The number of halogens is 1. The van der Waals surface area contributed by atoms with E-state index in [-0.39, 0.29) is 5.82 Å². The Morgan fingerprint density at radius 2 is 2.20 bits per heavy atom. The predicted octanol–water partition coefficient (Wildman–Crippen LogP) is 2.13. The minimum atomic E-state index is -0.243. The van der Waals surface area contributed by atoms with Crippen LogP contribution in [0.4, 0.5) is 10.1 Å². The second kappa shape index (κ2) is 2.92. The van der Waals surface area contributed by atoms with Gasteiger partial charge in [-0.3, -0.25) is 0 Å². The van der Waals surface area contributed by atoms with Gasteiger partial charge in [-0.15, -0.1) is 11.8 Å². The Kier molecular flexibility index (Phi) is 2.17. The normalized spacial score (nSPS) is 9.80. The third-order valence-corrected chi connectivity index (χ3v) is 2.04. The smallest absolute Gasteiger partial charge is 0.138 e. The van der Waals surface area contributed by atoms with E-state index in [9.17, 15) is 4.39 Å². The average Bonchev–Trinajstić information content (AvgIpc) is 1.88. The molecule has 0 heterocycles. The van der Waals surface area contributed by atoms with E-state index in [2.05, 4.69) is 0 Å². The molecule has 2 N–H and O–H groups in total. The van der Waals surface area contributed by atoms with Gasteiger partial charge in [0.1, 0.15) is 5.82 Å². The summed E-state index contributed by atoms with van der Waals surface area (Å²) in [6, 6.07) is 4.70. The highest BCUT2D eigenvalue weighted by Crippen LogP contribution is 2.24. The zero-order chi connectivity index (χ0) is 7.56. The van der Waals surface area contributed by atoms with Gasteiger partial charge < -0.3 is 5.73 Å². The minimum absolute atomic E-state index is 0.243. The molecule has 0 unspecified atom stereocenters. The Morgan fingerprint density at radius 3 is 2.60 bits per heavy atom. The van der Waals surface area contributed by atoms with Gasteiger partial charge in [-0.2, -0.15) is 0 Å². The summed E-state index contributed by atoms with van der Waals surface area (Å²) in [5, 5.41) is 0. The molecule has 1 nitrogen and oxygen atoms in total. The number of nitrogens with two attached hydrogens (primary N) is 1. The monoisotopic (exact) mass is 157 g/mol. The summed E-state index contributed by atoms with van der Waals surface area (Å²) in [4.78, 5) is 0.530. The van der Waals surface area contributed by atoms with Crippen molar-refractivity contribution in [3.05, 3.63) is 24.0 Å². The van der Waals surface area contributed by atoms with Gasteiger partial charge in [-0.25, -0.2) is 4.39 Å². The first-order chi connectivity index (χ1) is 4.75. The maximum absolute atomic E-state index is 12.7. The number of hydrogen-bond acceptors (Lipinski definition) is 2. The van der Waals surface area contributed by atoms with Gasteiger partial charge in [-0.05, 0) is 18.4 Å². The van der Waals surface area contributed by atoms with Gasteiger partial charge in [0.05, 0.1) is 4.90 Å². The molecule has 0 amide bonds. The molecule has 0 fully saturated rings. The maximum Gasteiger partial charge on any atom is 0.138 e. The number of nitrogen functional groups attached to an aromatic ring is 1. The van der Waals surface area contributed by atoms with Gasteiger partial charge in [0.25, 0.3) is 0 Å². The van der Waals surface area contributed by atoms with Crippen LogP contribution in [0.25, 0.3) is 0 Å². The maximum atomic E-state index is 12.7. The van der Waals surface area contributed by atoms with E-state index in [0.717, 1.165) is 0 Å². The summed E-state index contributed by atoms with van der Waals surface area (Å²) in [7, 11) is 0. The highest BCUT2D eigenvalue weighted by Gasteiger charge is 2.01. The average molecular weight is 157 g/mol. The molecule has 0 aliphatic rings. The number of thioether (sulfide) groups is 1. The molecule has 54 valence electrons. The fourth-order valence-electron chi connectivity index (χ4n) is 0.741. The molecule has 3 heteroatoms. The van der Waals surface area contributed by atoms with E-state index in [1.807, 2.05) is 0 Å². The first kappa shape index (κ1) is 7.41. The second-order valence-electron chi connectivity index (χ2n) is 1.86. The van der Waals surface area contributed by atoms with Crippen LogP contribution in [0, 0.1) is 5.82 Å². The predicted molar refractivity (Wildman–Crippen MR) is 42.6 cm³/mol. The summed E-state index contributed by atoms with van der Waals surface area (Å²) >= 11 is 1.32. The van der Waals surface area contributed by atoms with Gasteiger partial charge >= 0.3 is 0 Å². The molecule has 0 atom stereocenters. The molecule has 0 saturated heterocycles. The van der Waals surface area contributed by atoms with Gasteiger partial charge in [0.2, 0.25) is 0 Å². The lowest BCUT2D eigenvalue weighted by Gasteiger charge is -2.01. The van der Waals surface area contributed by atoms with Crippen LogP contribution >= 0.6 is 11.8 Å². The Balaban J connectivity index is 3.17. The van der Waals surface area contributed by atoms with Crippen molar-refractivity contribution in [2.45, 2.75) is 4.90 Å². The summed E-state index contributed by atoms with van der Waals surface area (Å²) in [5.41, 5.74) is 5.98. The molecule has 0 aliphatic carbocycles. The van der Waals surface area contributed by atoms with Crippen molar-refractivity contribution >= 4 is 17.4 Å². The zero-order valence-corrected chi connectivity index (χ0v) is 6.41. The van der Waals surface area contributed by atoms with Gasteiger partial charge in [-0.1, -0.05) is 6.07 Å². The van der Waals surface area contributed by atoms with Crippen LogP contribution in [-0.2, 0) is 0 Å². The van der Waals surface area contributed by atoms with E-state index in [0.29, 0.717) is 10.6 Å². The van der Waals surface area contributed by atoms with Crippen molar-refractivity contribution < 1.29 is 4.39 Å². The largest absolute Gasteiger partial charge is 0.398 e. The molecule has 0 spiro atoms. The Labute approximate surface area is 63.4 Å². The van der Waals surface area contributed by atoms with E-state index >= 15 is 0 Å². The zero-order valence-electron chi connectivity index (χ0n) is 5.60. The summed E-state index contributed by atoms with van der Waals surface area (Å²) < 4.78 is 12.7. The molecule has 0 radical (unpaired) electrons. The van der Waals surface area contributed by atoms with Crippen molar-refractivity contribution in [1.29, 1.82) is 0 Å². The SMILES string of the molecule is CSc1c(N)cccc1F. The molecule has 1 aromatic rings. The summed E-state index contributed by atoms with van der Waals surface area (Å²) in [5.74, 6) is -0.243. The highest BCUT2D eigenvalue weighted by atomic mass is 32.2. The van der Waals surface area contributed by atoms with Crippen molar-refractivity contribution in [2.24, 2.45) is 0 Å². The lowest BCUT2D eigenvalue weighted by molar-refractivity contribution is 0.603. The third kappa shape index (κ3) is 1.24. The molecule has 10 heavy (non-hydrogen) atoms. The highest BCUT2D eigenvalue weighted by molar-refractivity contribution is 7.98. The Hall–Kier alpha value is -0.700. The molecule has 0 aromatic heterocycles. The lowest BCUT2D eigenvalue weighted by Crippen LogP contribution is -1.90. The molecule has 1 rings (SSSR count). The summed E-state index contributed by atoms with van der Waals surface area (Å²) in [6.07, 6.45) is 1.80. The Morgan fingerprint density at radius 1 is 1.50 bits per heavy atom. The number of rotatable bonds is 1. The fraction of sp³-hybridized carbons (Fsp3) is 0.143. The molecule has 0 aliphatic heterocycles. The summed E-state index contributed by atoms with van der Waals surface area (Å²) in [6.45, 7) is 0.